The lowest BCUT2D eigenvalue weighted by Gasteiger charge is -2.25. The molecule has 2 rings (SSSR count). The van der Waals surface area contributed by atoms with Crippen LogP contribution in [-0.4, -0.2) is 16.5 Å². The Hall–Kier alpha value is -1.94. The summed E-state index contributed by atoms with van der Waals surface area (Å²) in [5, 5.41) is 0. The highest BCUT2D eigenvalue weighted by Crippen LogP contribution is 2.17. The van der Waals surface area contributed by atoms with Gasteiger partial charge < -0.3 is 10.6 Å². The summed E-state index contributed by atoms with van der Waals surface area (Å²) < 4.78 is 0. The van der Waals surface area contributed by atoms with Gasteiger partial charge in [-0.2, -0.15) is 0 Å². The molecule has 2 N–H and O–H groups in total. The van der Waals surface area contributed by atoms with Gasteiger partial charge in [0.05, 0.1) is 17.2 Å². The number of benzene rings is 1. The first-order valence-electron chi connectivity index (χ1n) is 6.65. The number of nitrogens with zero attached hydrogens (tertiary/aromatic N) is 2. The van der Waals surface area contributed by atoms with Gasteiger partial charge >= 0.3 is 0 Å². The van der Waals surface area contributed by atoms with Crippen molar-refractivity contribution >= 4 is 22.9 Å². The van der Waals surface area contributed by atoms with E-state index in [9.17, 15) is 0 Å². The van der Waals surface area contributed by atoms with Crippen molar-refractivity contribution in [2.45, 2.75) is 19.9 Å². The molecule has 0 atom stereocenters. The second-order valence-electron chi connectivity index (χ2n) is 4.74. The Morgan fingerprint density at radius 2 is 1.95 bits per heavy atom. The number of rotatable bonds is 6. The lowest BCUT2D eigenvalue weighted by atomic mass is 10.2. The molecular formula is C16H19N3S. The normalized spacial score (nSPS) is 10.2. The van der Waals surface area contributed by atoms with Gasteiger partial charge in [-0.1, -0.05) is 36.5 Å². The van der Waals surface area contributed by atoms with E-state index in [0.717, 1.165) is 24.5 Å². The zero-order valence-corrected chi connectivity index (χ0v) is 12.4. The largest absolute Gasteiger partial charge is 0.393 e. The summed E-state index contributed by atoms with van der Waals surface area (Å²) in [5.74, 6) is 0. The van der Waals surface area contributed by atoms with Gasteiger partial charge in [0.2, 0.25) is 0 Å². The number of hydrogen-bond donors (Lipinski definition) is 1. The molecule has 0 aliphatic carbocycles. The second kappa shape index (κ2) is 7.01. The number of para-hydroxylation sites is 1. The lowest BCUT2D eigenvalue weighted by Crippen LogP contribution is -2.27. The van der Waals surface area contributed by atoms with Crippen LogP contribution in [0.15, 0.2) is 48.7 Å². The molecule has 0 aliphatic rings. The Labute approximate surface area is 125 Å². The quantitative estimate of drug-likeness (QED) is 0.828. The van der Waals surface area contributed by atoms with Crippen molar-refractivity contribution in [2.24, 2.45) is 5.73 Å². The third-order valence-electron chi connectivity index (χ3n) is 3.21. The van der Waals surface area contributed by atoms with Crippen LogP contribution < -0.4 is 10.6 Å². The van der Waals surface area contributed by atoms with Gasteiger partial charge in [0.1, 0.15) is 0 Å². The van der Waals surface area contributed by atoms with Crippen molar-refractivity contribution in [1.29, 1.82) is 0 Å². The van der Waals surface area contributed by atoms with Crippen LogP contribution in [0.1, 0.15) is 17.7 Å². The first kappa shape index (κ1) is 14.5. The number of pyridine rings is 1. The molecule has 0 fully saturated rings. The zero-order chi connectivity index (χ0) is 14.4. The van der Waals surface area contributed by atoms with Crippen LogP contribution >= 0.6 is 12.2 Å². The number of anilines is 1. The molecule has 0 bridgehead atoms. The maximum Gasteiger partial charge on any atom is 0.0745 e. The van der Waals surface area contributed by atoms with Crippen LogP contribution in [-0.2, 0) is 6.54 Å². The minimum absolute atomic E-state index is 0.545. The van der Waals surface area contributed by atoms with E-state index in [1.807, 2.05) is 30.5 Å². The van der Waals surface area contributed by atoms with E-state index in [1.165, 1.54) is 5.56 Å². The third-order valence-corrected chi connectivity index (χ3v) is 3.41. The van der Waals surface area contributed by atoms with Gasteiger partial charge in [-0.05, 0) is 30.7 Å². The molecule has 0 saturated heterocycles. The summed E-state index contributed by atoms with van der Waals surface area (Å²) in [6, 6.07) is 14.3. The summed E-state index contributed by atoms with van der Waals surface area (Å²) in [6.45, 7) is 3.65. The number of nitrogens with two attached hydrogens (primary N) is 1. The van der Waals surface area contributed by atoms with Gasteiger partial charge in [0.25, 0.3) is 0 Å². The number of aromatic nitrogens is 1. The minimum Gasteiger partial charge on any atom is -0.393 e. The zero-order valence-electron chi connectivity index (χ0n) is 11.6. The Morgan fingerprint density at radius 1 is 1.20 bits per heavy atom. The number of thiocarbonyl (C=S) groups is 1. The van der Waals surface area contributed by atoms with E-state index < -0.39 is 0 Å². The van der Waals surface area contributed by atoms with E-state index >= 15 is 0 Å². The maximum absolute atomic E-state index is 5.63. The van der Waals surface area contributed by atoms with Crippen molar-refractivity contribution in [3.63, 3.8) is 0 Å². The van der Waals surface area contributed by atoms with Crippen molar-refractivity contribution in [2.75, 3.05) is 11.4 Å². The lowest BCUT2D eigenvalue weighted by molar-refractivity contribution is 0.783. The van der Waals surface area contributed by atoms with Gasteiger partial charge in [0.15, 0.2) is 0 Å². The molecule has 1 heterocycles. The van der Waals surface area contributed by atoms with E-state index in [1.54, 1.807) is 0 Å². The second-order valence-corrected chi connectivity index (χ2v) is 5.26. The van der Waals surface area contributed by atoms with Gasteiger partial charge in [-0.15, -0.1) is 0 Å². The highest BCUT2D eigenvalue weighted by Gasteiger charge is 2.09. The van der Waals surface area contributed by atoms with Crippen LogP contribution in [0.3, 0.4) is 0 Å². The van der Waals surface area contributed by atoms with Gasteiger partial charge in [-0.25, -0.2) is 0 Å². The fourth-order valence-electron chi connectivity index (χ4n) is 2.05. The molecule has 1 aromatic carbocycles. The average molecular weight is 285 g/mol. The molecular weight excluding hydrogens is 266 g/mol. The third kappa shape index (κ3) is 4.03. The fourth-order valence-corrected chi connectivity index (χ4v) is 2.14. The molecule has 0 aliphatic heterocycles. The Morgan fingerprint density at radius 3 is 2.60 bits per heavy atom. The Kier molecular flexibility index (Phi) is 5.07. The number of hydrogen-bond acceptors (Lipinski definition) is 3. The summed E-state index contributed by atoms with van der Waals surface area (Å²) in [6.07, 6.45) is 2.54. The molecule has 0 spiro atoms. The molecule has 2 aromatic rings. The monoisotopic (exact) mass is 285 g/mol. The van der Waals surface area contributed by atoms with Crippen molar-refractivity contribution in [3.8, 4) is 0 Å². The first-order valence-corrected chi connectivity index (χ1v) is 7.06. The van der Waals surface area contributed by atoms with E-state index in [-0.39, 0.29) is 0 Å². The standard InChI is InChI=1S/C16H19N3S/c1-13-6-5-10-18-15(13)12-19(11-9-16(17)20)14-7-3-2-4-8-14/h2-8,10H,9,11-12H2,1H3,(H2,17,20). The van der Waals surface area contributed by atoms with Crippen molar-refractivity contribution in [3.05, 3.63) is 59.9 Å². The predicted octanol–water partition coefficient (Wildman–Crippen LogP) is 3.07. The minimum atomic E-state index is 0.545. The molecule has 0 radical (unpaired) electrons. The summed E-state index contributed by atoms with van der Waals surface area (Å²) in [7, 11) is 0. The highest BCUT2D eigenvalue weighted by atomic mass is 32.1. The summed E-state index contributed by atoms with van der Waals surface area (Å²) in [4.78, 5) is 7.27. The van der Waals surface area contributed by atoms with Crippen LogP contribution in [0.5, 0.6) is 0 Å². The summed E-state index contributed by atoms with van der Waals surface area (Å²) in [5.41, 5.74) is 9.07. The van der Waals surface area contributed by atoms with E-state index in [4.69, 9.17) is 18.0 Å². The first-order chi connectivity index (χ1) is 9.66. The molecule has 104 valence electrons. The maximum atomic E-state index is 5.63. The molecule has 0 unspecified atom stereocenters. The highest BCUT2D eigenvalue weighted by molar-refractivity contribution is 7.80. The summed E-state index contributed by atoms with van der Waals surface area (Å²) >= 11 is 4.99. The van der Waals surface area contributed by atoms with E-state index in [2.05, 4.69) is 35.0 Å². The molecule has 0 saturated carbocycles. The molecule has 4 heteroatoms. The van der Waals surface area contributed by atoms with Crippen LogP contribution in [0, 0.1) is 6.92 Å². The van der Waals surface area contributed by atoms with E-state index in [0.29, 0.717) is 11.4 Å². The van der Waals surface area contributed by atoms with Crippen molar-refractivity contribution in [1.82, 2.24) is 4.98 Å². The predicted molar refractivity (Wildman–Crippen MR) is 87.9 cm³/mol. The number of aryl methyl sites for hydroxylation is 1. The molecule has 20 heavy (non-hydrogen) atoms. The molecule has 3 nitrogen and oxygen atoms in total. The SMILES string of the molecule is Cc1cccnc1CN(CCC(N)=S)c1ccccc1. The van der Waals surface area contributed by atoms with Gasteiger partial charge in [-0.3, -0.25) is 4.98 Å². The Balaban J connectivity index is 2.18. The Bertz CT molecular complexity index is 569. The van der Waals surface area contributed by atoms with Crippen LogP contribution in [0.4, 0.5) is 5.69 Å². The smallest absolute Gasteiger partial charge is 0.0745 e. The molecule has 0 amide bonds. The fraction of sp³-hybridized carbons (Fsp3) is 0.250. The van der Waals surface area contributed by atoms with Gasteiger partial charge in [0, 0.05) is 24.8 Å². The topological polar surface area (TPSA) is 42.2 Å². The van der Waals surface area contributed by atoms with Crippen LogP contribution in [0.2, 0.25) is 0 Å². The molecule has 1 aromatic heterocycles. The van der Waals surface area contributed by atoms with Crippen LogP contribution in [0.25, 0.3) is 0 Å². The average Bonchev–Trinajstić information content (AvgIpc) is 2.46. The van der Waals surface area contributed by atoms with Crippen molar-refractivity contribution < 1.29 is 0 Å².